The lowest BCUT2D eigenvalue weighted by Crippen LogP contribution is -2.58. The Balaban J connectivity index is 1.11. The van der Waals surface area contributed by atoms with E-state index in [1.807, 2.05) is 30.1 Å². The van der Waals surface area contributed by atoms with Crippen molar-refractivity contribution in [2.24, 2.45) is 0 Å². The van der Waals surface area contributed by atoms with Crippen molar-refractivity contribution in [3.8, 4) is 0 Å². The number of thiophene rings is 1. The Morgan fingerprint density at radius 1 is 1.11 bits per heavy atom. The zero-order valence-electron chi connectivity index (χ0n) is 25.1. The minimum absolute atomic E-state index is 0.00258. The standard InChI is InChI=1S/C31H38N5O6PS/c1-18-11-28(34(2)3)32-14-23(18)21-15-35(16-21)31(39)25-9-8-22-5-4-6-24(30(38)36(22)25)33-29(37)27-13-20-12-19(17-43(40,41)42)7-10-26(20)44-27/h7,10-14,21-22,24-25H,4-6,8-9,15-17H2,1-3H3,(H,33,37)(H2,40,41,42)/t22-,24-,25-/m0/s1. The van der Waals surface area contributed by atoms with Crippen LogP contribution in [0.25, 0.3) is 10.1 Å². The zero-order valence-corrected chi connectivity index (χ0v) is 26.8. The number of nitrogens with zero attached hydrogens (tertiary/aromatic N) is 4. The van der Waals surface area contributed by atoms with E-state index in [0.717, 1.165) is 46.3 Å². The molecule has 3 atom stereocenters. The van der Waals surface area contributed by atoms with Crippen molar-refractivity contribution in [1.29, 1.82) is 0 Å². The van der Waals surface area contributed by atoms with E-state index in [0.29, 0.717) is 36.4 Å². The smallest absolute Gasteiger partial charge is 0.329 e. The first kappa shape index (κ1) is 30.7. The van der Waals surface area contributed by atoms with Crippen LogP contribution in [-0.2, 0) is 20.3 Å². The second-order valence-corrected chi connectivity index (χ2v) is 15.2. The minimum atomic E-state index is -4.21. The molecule has 3 aliphatic heterocycles. The van der Waals surface area contributed by atoms with Crippen LogP contribution >= 0.6 is 18.9 Å². The summed E-state index contributed by atoms with van der Waals surface area (Å²) in [5.41, 5.74) is 2.80. The SMILES string of the molecule is Cc1cc(N(C)C)ncc1C1CN(C(=O)[C@@H]2CC[C@@H]3CCC[C@H](NC(=O)c4cc5cc(CP(=O)(O)O)ccc5s4)C(=O)N32)C1. The van der Waals surface area contributed by atoms with Crippen LogP contribution in [0.4, 0.5) is 5.82 Å². The minimum Gasteiger partial charge on any atom is -0.363 e. The van der Waals surface area contributed by atoms with E-state index in [1.165, 1.54) is 11.3 Å². The fourth-order valence-corrected chi connectivity index (χ4v) is 8.42. The number of hydrogen-bond acceptors (Lipinski definition) is 7. The van der Waals surface area contributed by atoms with Crippen LogP contribution in [0.3, 0.4) is 0 Å². The third-order valence-corrected chi connectivity index (χ3v) is 11.0. The molecule has 3 aromatic rings. The van der Waals surface area contributed by atoms with Crippen molar-refractivity contribution >= 4 is 52.6 Å². The number of hydrogen-bond donors (Lipinski definition) is 3. The third-order valence-electron chi connectivity index (χ3n) is 9.10. The number of aromatic nitrogens is 1. The van der Waals surface area contributed by atoms with Crippen LogP contribution in [0, 0.1) is 6.92 Å². The topological polar surface area (TPSA) is 143 Å². The van der Waals surface area contributed by atoms with Gasteiger partial charge < -0.3 is 29.8 Å². The van der Waals surface area contributed by atoms with Gasteiger partial charge in [-0.1, -0.05) is 6.07 Å². The highest BCUT2D eigenvalue weighted by Crippen LogP contribution is 2.40. The Morgan fingerprint density at radius 3 is 2.59 bits per heavy atom. The molecule has 1 aromatic carbocycles. The first-order valence-corrected chi connectivity index (χ1v) is 17.6. The summed E-state index contributed by atoms with van der Waals surface area (Å²) in [6.45, 7) is 3.28. The molecule has 0 saturated carbocycles. The summed E-state index contributed by atoms with van der Waals surface area (Å²) in [5.74, 6) is 0.544. The van der Waals surface area contributed by atoms with Crippen molar-refractivity contribution < 1.29 is 28.7 Å². The number of carbonyl (C=O) groups is 3. The molecule has 11 nitrogen and oxygen atoms in total. The average molecular weight is 640 g/mol. The van der Waals surface area contributed by atoms with Crippen molar-refractivity contribution in [1.82, 2.24) is 20.1 Å². The maximum atomic E-state index is 13.9. The summed E-state index contributed by atoms with van der Waals surface area (Å²) in [6.07, 6.45) is 5.04. The third kappa shape index (κ3) is 6.13. The summed E-state index contributed by atoms with van der Waals surface area (Å²) in [4.78, 5) is 70.0. The van der Waals surface area contributed by atoms with Gasteiger partial charge >= 0.3 is 7.60 Å². The number of anilines is 1. The van der Waals surface area contributed by atoms with Gasteiger partial charge in [-0.2, -0.15) is 0 Å². The van der Waals surface area contributed by atoms with E-state index in [-0.39, 0.29) is 35.8 Å². The molecule has 0 bridgehead atoms. The lowest BCUT2D eigenvalue weighted by Gasteiger charge is -2.43. The molecule has 3 N–H and O–H groups in total. The van der Waals surface area contributed by atoms with Gasteiger partial charge in [-0.3, -0.25) is 18.9 Å². The van der Waals surface area contributed by atoms with Gasteiger partial charge in [0.15, 0.2) is 0 Å². The van der Waals surface area contributed by atoms with Gasteiger partial charge in [-0.15, -0.1) is 11.3 Å². The average Bonchev–Trinajstić information content (AvgIpc) is 3.51. The van der Waals surface area contributed by atoms with Crippen molar-refractivity contribution in [2.75, 3.05) is 32.1 Å². The Kier molecular flexibility index (Phi) is 8.30. The molecule has 0 aliphatic carbocycles. The first-order chi connectivity index (χ1) is 20.9. The predicted octanol–water partition coefficient (Wildman–Crippen LogP) is 3.62. The molecule has 3 aliphatic rings. The van der Waals surface area contributed by atoms with E-state index < -0.39 is 19.7 Å². The predicted molar refractivity (Wildman–Crippen MR) is 169 cm³/mol. The van der Waals surface area contributed by atoms with Gasteiger partial charge in [0, 0.05) is 50.0 Å². The molecule has 0 radical (unpaired) electrons. The van der Waals surface area contributed by atoms with E-state index in [2.05, 4.69) is 23.3 Å². The molecular weight excluding hydrogens is 601 g/mol. The fraction of sp³-hybridized carbons (Fsp3) is 0.484. The number of pyridine rings is 1. The summed E-state index contributed by atoms with van der Waals surface area (Å²) in [7, 11) is -0.297. The Labute approximate surface area is 260 Å². The van der Waals surface area contributed by atoms with Gasteiger partial charge in [-0.25, -0.2) is 4.98 Å². The molecule has 44 heavy (non-hydrogen) atoms. The van der Waals surface area contributed by atoms with E-state index in [4.69, 9.17) is 0 Å². The number of amides is 3. The zero-order chi connectivity index (χ0) is 31.3. The lowest BCUT2D eigenvalue weighted by molar-refractivity contribution is -0.148. The maximum absolute atomic E-state index is 13.9. The number of fused-ring (bicyclic) bond motifs is 2. The highest BCUT2D eigenvalue weighted by atomic mass is 32.1. The Morgan fingerprint density at radius 2 is 1.89 bits per heavy atom. The van der Waals surface area contributed by atoms with Crippen LogP contribution in [0.1, 0.15) is 64.4 Å². The number of likely N-dealkylation sites (tertiary alicyclic amines) is 1. The summed E-state index contributed by atoms with van der Waals surface area (Å²) >= 11 is 1.27. The molecule has 0 unspecified atom stereocenters. The van der Waals surface area contributed by atoms with Crippen molar-refractivity contribution in [2.45, 2.75) is 69.2 Å². The molecule has 6 rings (SSSR count). The van der Waals surface area contributed by atoms with Crippen LogP contribution in [0.15, 0.2) is 36.5 Å². The van der Waals surface area contributed by atoms with Gasteiger partial charge in [0.1, 0.15) is 17.9 Å². The molecule has 3 fully saturated rings. The highest BCUT2D eigenvalue weighted by molar-refractivity contribution is 7.50. The number of rotatable bonds is 7. The first-order valence-electron chi connectivity index (χ1n) is 15.0. The van der Waals surface area contributed by atoms with Gasteiger partial charge in [0.2, 0.25) is 11.8 Å². The largest absolute Gasteiger partial charge is 0.363 e. The van der Waals surface area contributed by atoms with Crippen LogP contribution in [0.2, 0.25) is 0 Å². The molecule has 2 aromatic heterocycles. The quantitative estimate of drug-likeness (QED) is 0.333. The second-order valence-electron chi connectivity index (χ2n) is 12.5. The normalized spacial score (nSPS) is 22.5. The molecule has 13 heteroatoms. The molecule has 3 saturated heterocycles. The number of benzene rings is 1. The van der Waals surface area contributed by atoms with E-state index >= 15 is 0 Å². The fourth-order valence-electron chi connectivity index (χ4n) is 6.80. The highest BCUT2D eigenvalue weighted by Gasteiger charge is 2.47. The van der Waals surface area contributed by atoms with Gasteiger partial charge in [-0.05, 0) is 85.4 Å². The molecule has 3 amide bonds. The van der Waals surface area contributed by atoms with Gasteiger partial charge in [0.05, 0.1) is 11.0 Å². The lowest BCUT2D eigenvalue weighted by atomic mass is 9.89. The molecule has 5 heterocycles. The number of nitrogens with one attached hydrogen (secondary N) is 1. The van der Waals surface area contributed by atoms with E-state index in [9.17, 15) is 28.7 Å². The maximum Gasteiger partial charge on any atom is 0.329 e. The van der Waals surface area contributed by atoms with Gasteiger partial charge in [0.25, 0.3) is 5.91 Å². The Bertz CT molecular complexity index is 1660. The summed E-state index contributed by atoms with van der Waals surface area (Å²) < 4.78 is 12.2. The van der Waals surface area contributed by atoms with Crippen LogP contribution in [-0.4, -0.2) is 87.6 Å². The molecule has 0 spiro atoms. The molecular formula is C31H38N5O6PS. The Hall–Kier alpha value is -3.31. The monoisotopic (exact) mass is 639 g/mol. The summed E-state index contributed by atoms with van der Waals surface area (Å²) in [6, 6.07) is 7.60. The number of aryl methyl sites for hydroxylation is 1. The summed E-state index contributed by atoms with van der Waals surface area (Å²) in [5, 5.41) is 3.65. The molecule has 234 valence electrons. The van der Waals surface area contributed by atoms with Crippen LogP contribution < -0.4 is 10.2 Å². The second kappa shape index (κ2) is 11.9. The van der Waals surface area contributed by atoms with E-state index in [1.54, 1.807) is 29.2 Å². The van der Waals surface area contributed by atoms with Crippen LogP contribution in [0.5, 0.6) is 0 Å². The van der Waals surface area contributed by atoms with Crippen molar-refractivity contribution in [3.05, 3.63) is 58.1 Å². The van der Waals surface area contributed by atoms with Crippen molar-refractivity contribution in [3.63, 3.8) is 0 Å². The number of carbonyl (C=O) groups excluding carboxylic acids is 3.